The van der Waals surface area contributed by atoms with Gasteiger partial charge in [-0.1, -0.05) is 26.0 Å². The second-order valence-electron chi connectivity index (χ2n) is 7.42. The van der Waals surface area contributed by atoms with Crippen molar-refractivity contribution in [2.75, 3.05) is 0 Å². The van der Waals surface area contributed by atoms with Gasteiger partial charge in [0.1, 0.15) is 0 Å². The molecule has 114 valence electrons. The van der Waals surface area contributed by atoms with Crippen LogP contribution < -0.4 is 5.73 Å². The van der Waals surface area contributed by atoms with E-state index in [-0.39, 0.29) is 5.41 Å². The first-order valence-corrected chi connectivity index (χ1v) is 7.92. The van der Waals surface area contributed by atoms with Gasteiger partial charge in [0.2, 0.25) is 5.91 Å². The van der Waals surface area contributed by atoms with E-state index in [1.165, 1.54) is 5.57 Å². The Balaban J connectivity index is 2.05. The quantitative estimate of drug-likeness (QED) is 0.917. The highest BCUT2D eigenvalue weighted by molar-refractivity contribution is 5.98. The number of nitrogens with two attached hydrogens (primary N) is 1. The first-order valence-electron chi connectivity index (χ1n) is 7.92. The van der Waals surface area contributed by atoms with Crippen LogP contribution in [0.5, 0.6) is 0 Å². The lowest BCUT2D eigenvalue weighted by Crippen LogP contribution is -2.18. The van der Waals surface area contributed by atoms with Crippen LogP contribution in [0.15, 0.2) is 24.3 Å². The van der Waals surface area contributed by atoms with E-state index < -0.39 is 5.91 Å². The van der Waals surface area contributed by atoms with Gasteiger partial charge < -0.3 is 5.73 Å². The van der Waals surface area contributed by atoms with Crippen LogP contribution in [-0.2, 0) is 5.41 Å². The number of carbonyl (C=O) groups is 1. The molecule has 3 nitrogen and oxygen atoms in total. The minimum Gasteiger partial charge on any atom is -0.366 e. The summed E-state index contributed by atoms with van der Waals surface area (Å²) in [6.45, 7) is 4.53. The number of carbonyl (C=O) groups excluding carboxylic acids is 1. The average Bonchev–Trinajstić information content (AvgIpc) is 3.27. The van der Waals surface area contributed by atoms with Gasteiger partial charge in [0.15, 0.2) is 0 Å². The fourth-order valence-electron chi connectivity index (χ4n) is 3.23. The van der Waals surface area contributed by atoms with Crippen molar-refractivity contribution >= 4 is 11.5 Å². The summed E-state index contributed by atoms with van der Waals surface area (Å²) in [5, 5.41) is 9.40. The van der Waals surface area contributed by atoms with Crippen LogP contribution in [0, 0.1) is 16.7 Å². The summed E-state index contributed by atoms with van der Waals surface area (Å²) in [5.74, 6) is -0.394. The lowest BCUT2D eigenvalue weighted by atomic mass is 9.76. The van der Waals surface area contributed by atoms with Crippen molar-refractivity contribution in [3.63, 3.8) is 0 Å². The second-order valence-corrected chi connectivity index (χ2v) is 7.42. The van der Waals surface area contributed by atoms with Crippen LogP contribution in [0.4, 0.5) is 0 Å². The molecule has 1 fully saturated rings. The van der Waals surface area contributed by atoms with Crippen molar-refractivity contribution in [3.8, 4) is 6.07 Å². The van der Waals surface area contributed by atoms with Crippen molar-refractivity contribution in [2.45, 2.75) is 51.4 Å². The fraction of sp³-hybridized carbons (Fsp3) is 0.474. The number of primary amides is 1. The largest absolute Gasteiger partial charge is 0.366 e. The Morgan fingerprint density at radius 3 is 2.50 bits per heavy atom. The Morgan fingerprint density at radius 2 is 2.00 bits per heavy atom. The highest BCUT2D eigenvalue weighted by Crippen LogP contribution is 2.48. The third kappa shape index (κ3) is 2.54. The molecular formula is C19H22N2O. The maximum Gasteiger partial charge on any atom is 0.249 e. The zero-order valence-corrected chi connectivity index (χ0v) is 13.3. The number of hydrogen-bond acceptors (Lipinski definition) is 2. The number of nitrogens with zero attached hydrogens (tertiary/aromatic N) is 1. The van der Waals surface area contributed by atoms with Crippen molar-refractivity contribution in [1.29, 1.82) is 5.26 Å². The third-order valence-electron chi connectivity index (χ3n) is 5.12. The Morgan fingerprint density at radius 1 is 1.27 bits per heavy atom. The van der Waals surface area contributed by atoms with Gasteiger partial charge in [-0.3, -0.25) is 4.79 Å². The van der Waals surface area contributed by atoms with Crippen molar-refractivity contribution in [2.24, 2.45) is 11.1 Å². The summed E-state index contributed by atoms with van der Waals surface area (Å²) >= 11 is 0. The number of rotatable bonds is 3. The highest BCUT2D eigenvalue weighted by atomic mass is 16.1. The fourth-order valence-corrected chi connectivity index (χ4v) is 3.23. The molecule has 0 aliphatic heterocycles. The molecule has 1 aromatic carbocycles. The smallest absolute Gasteiger partial charge is 0.249 e. The zero-order valence-electron chi connectivity index (χ0n) is 13.3. The van der Waals surface area contributed by atoms with Crippen molar-refractivity contribution < 1.29 is 4.79 Å². The number of benzene rings is 1. The van der Waals surface area contributed by atoms with Crippen LogP contribution in [0.25, 0.3) is 5.57 Å². The molecule has 2 aliphatic carbocycles. The number of amides is 1. The molecule has 1 amide bonds. The first-order chi connectivity index (χ1) is 10.4. The lowest BCUT2D eigenvalue weighted by molar-refractivity contribution is 0.1000. The normalized spacial score (nSPS) is 21.6. The molecule has 22 heavy (non-hydrogen) atoms. The van der Waals surface area contributed by atoms with Crippen molar-refractivity contribution in [1.82, 2.24) is 0 Å². The van der Waals surface area contributed by atoms with E-state index in [0.29, 0.717) is 11.0 Å². The Labute approximate surface area is 131 Å². The number of hydrogen-bond donors (Lipinski definition) is 1. The topological polar surface area (TPSA) is 66.9 Å². The van der Waals surface area contributed by atoms with E-state index in [4.69, 9.17) is 5.73 Å². The van der Waals surface area contributed by atoms with Gasteiger partial charge in [-0.05, 0) is 66.4 Å². The number of allylic oxidation sites excluding steroid dienone is 2. The summed E-state index contributed by atoms with van der Waals surface area (Å²) in [6.07, 6.45) is 7.12. The molecule has 0 saturated heterocycles. The summed E-state index contributed by atoms with van der Waals surface area (Å²) in [4.78, 5) is 11.8. The molecule has 0 heterocycles. The predicted octanol–water partition coefficient (Wildman–Crippen LogP) is 3.93. The SMILES string of the molecule is CC1(C)CC=C(c2cc(C3(C#N)CC3)ccc2C(N)=O)CC1. The molecule has 3 heteroatoms. The van der Waals surface area contributed by atoms with Gasteiger partial charge in [0, 0.05) is 5.56 Å². The molecular weight excluding hydrogens is 272 g/mol. The Kier molecular flexibility index (Phi) is 3.36. The standard InChI is InChI=1S/C19H22N2O/c1-18(2)7-5-13(6-8-18)16-11-14(19(12-20)9-10-19)3-4-15(16)17(21)22/h3-5,11H,6-10H2,1-2H3,(H2,21,22). The second kappa shape index (κ2) is 4.98. The van der Waals surface area contributed by atoms with Crippen LogP contribution in [0.1, 0.15) is 67.4 Å². The zero-order chi connectivity index (χ0) is 16.0. The van der Waals surface area contributed by atoms with Crippen LogP contribution >= 0.6 is 0 Å². The van der Waals surface area contributed by atoms with E-state index in [2.05, 4.69) is 26.0 Å². The van der Waals surface area contributed by atoms with Crippen LogP contribution in [0.2, 0.25) is 0 Å². The van der Waals surface area contributed by atoms with Gasteiger partial charge in [-0.15, -0.1) is 0 Å². The number of nitriles is 1. The minimum absolute atomic E-state index is 0.318. The van der Waals surface area contributed by atoms with Gasteiger partial charge in [-0.25, -0.2) is 0 Å². The molecule has 0 spiro atoms. The summed E-state index contributed by atoms with van der Waals surface area (Å²) in [5.41, 5.74) is 9.27. The van der Waals surface area contributed by atoms with E-state index in [1.54, 1.807) is 6.07 Å². The molecule has 0 bridgehead atoms. The van der Waals surface area contributed by atoms with E-state index in [1.807, 2.05) is 12.1 Å². The molecule has 1 saturated carbocycles. The van der Waals surface area contributed by atoms with Gasteiger partial charge >= 0.3 is 0 Å². The molecule has 3 rings (SSSR count). The molecule has 0 atom stereocenters. The third-order valence-corrected chi connectivity index (χ3v) is 5.12. The lowest BCUT2D eigenvalue weighted by Gasteiger charge is -2.29. The van der Waals surface area contributed by atoms with Gasteiger partial charge in [0.05, 0.1) is 11.5 Å². The van der Waals surface area contributed by atoms with E-state index in [9.17, 15) is 10.1 Å². The minimum atomic E-state index is -0.394. The summed E-state index contributed by atoms with van der Waals surface area (Å²) in [6, 6.07) is 8.15. The molecule has 0 unspecified atom stereocenters. The average molecular weight is 294 g/mol. The highest BCUT2D eigenvalue weighted by Gasteiger charge is 2.45. The molecule has 2 aliphatic rings. The predicted molar refractivity (Wildman–Crippen MR) is 87.1 cm³/mol. The maximum atomic E-state index is 11.8. The Bertz CT molecular complexity index is 703. The van der Waals surface area contributed by atoms with Gasteiger partial charge in [0.25, 0.3) is 0 Å². The van der Waals surface area contributed by atoms with Gasteiger partial charge in [-0.2, -0.15) is 5.26 Å². The molecule has 2 N–H and O–H groups in total. The maximum absolute atomic E-state index is 11.8. The molecule has 0 radical (unpaired) electrons. The monoisotopic (exact) mass is 294 g/mol. The van der Waals surface area contributed by atoms with E-state index in [0.717, 1.165) is 43.2 Å². The summed E-state index contributed by atoms with van der Waals surface area (Å²) < 4.78 is 0. The van der Waals surface area contributed by atoms with Crippen LogP contribution in [-0.4, -0.2) is 5.91 Å². The van der Waals surface area contributed by atoms with Crippen LogP contribution in [0.3, 0.4) is 0 Å². The first kappa shape index (κ1) is 14.8. The van der Waals surface area contributed by atoms with E-state index >= 15 is 0 Å². The summed E-state index contributed by atoms with van der Waals surface area (Å²) in [7, 11) is 0. The van der Waals surface area contributed by atoms with Crippen molar-refractivity contribution in [3.05, 3.63) is 41.0 Å². The molecule has 0 aromatic heterocycles. The Hall–Kier alpha value is -2.08. The molecule has 1 aromatic rings.